The third-order valence-corrected chi connectivity index (χ3v) is 2.57. The molecular weight excluding hydrogens is 250 g/mol. The molecule has 110 valence electrons. The van der Waals surface area contributed by atoms with Crippen LogP contribution < -0.4 is 11.3 Å². The maximum absolute atomic E-state index is 11.6. The van der Waals surface area contributed by atoms with Crippen LogP contribution in [0.1, 0.15) is 40.0 Å². The van der Waals surface area contributed by atoms with Crippen LogP contribution in [0.5, 0.6) is 0 Å². The fourth-order valence-electron chi connectivity index (χ4n) is 1.46. The van der Waals surface area contributed by atoms with Crippen molar-refractivity contribution in [1.82, 2.24) is 6.15 Å². The Morgan fingerprint density at radius 3 is 2.37 bits per heavy atom. The van der Waals surface area contributed by atoms with Crippen molar-refractivity contribution in [3.63, 3.8) is 0 Å². The predicted octanol–water partition coefficient (Wildman–Crippen LogP) is 1.15. The highest BCUT2D eigenvalue weighted by molar-refractivity contribution is 5.87. The smallest absolute Gasteiger partial charge is 0.316 e. The summed E-state index contributed by atoms with van der Waals surface area (Å²) in [6.07, 6.45) is 3.66. The second-order valence-electron chi connectivity index (χ2n) is 5.36. The molecule has 1 unspecified atom stereocenters. The Balaban J connectivity index is 0.00000324. The number of ether oxygens (including phenoxy) is 2. The van der Waals surface area contributed by atoms with E-state index in [0.29, 0.717) is 6.61 Å². The first-order valence-corrected chi connectivity index (χ1v) is 6.08. The molecule has 1 aliphatic heterocycles. The Kier molecular flexibility index (Phi) is 6.72. The molecule has 0 aromatic carbocycles. The van der Waals surface area contributed by atoms with E-state index in [2.05, 4.69) is 0 Å². The Morgan fingerprint density at radius 2 is 1.95 bits per heavy atom. The van der Waals surface area contributed by atoms with Crippen LogP contribution in [-0.2, 0) is 19.1 Å². The number of hydrogen-bond donors (Lipinski definition) is 1. The molecule has 0 saturated carbocycles. The van der Waals surface area contributed by atoms with E-state index < -0.39 is 23.1 Å². The second kappa shape index (κ2) is 7.25. The summed E-state index contributed by atoms with van der Waals surface area (Å²) in [5, 5.41) is 10.9. The maximum atomic E-state index is 11.6. The maximum Gasteiger partial charge on any atom is 0.316 e. The van der Waals surface area contributed by atoms with Gasteiger partial charge in [0.15, 0.2) is 5.76 Å². The van der Waals surface area contributed by atoms with E-state index in [4.69, 9.17) is 9.47 Å². The molecule has 4 N–H and O–H groups in total. The van der Waals surface area contributed by atoms with Crippen LogP contribution in [0.2, 0.25) is 0 Å². The molecule has 0 aromatic rings. The lowest BCUT2D eigenvalue weighted by molar-refractivity contribution is -0.303. The van der Waals surface area contributed by atoms with Gasteiger partial charge in [0.05, 0.1) is 11.5 Å². The largest absolute Gasteiger partial charge is 0.542 e. The molecule has 19 heavy (non-hydrogen) atoms. The summed E-state index contributed by atoms with van der Waals surface area (Å²) in [7, 11) is 0. The number of aliphatic carboxylic acids is 1. The number of carbonyl (C=O) groups excluding carboxylic acids is 2. The topological polar surface area (TPSA) is 112 Å². The molecule has 6 heteroatoms. The standard InChI is InChI=1S/C13H20O5.H3N/c1-13(2,3)12(16)18-10(11(14)15)8-9-6-4-5-7-17-9;/h8-9H,4-7H2,1-3H3,(H,14,15);1H3/b10-8+;. The molecule has 0 bridgehead atoms. The van der Waals surface area contributed by atoms with E-state index in [1.807, 2.05) is 0 Å². The van der Waals surface area contributed by atoms with E-state index >= 15 is 0 Å². The first-order valence-electron chi connectivity index (χ1n) is 6.08. The van der Waals surface area contributed by atoms with Crippen LogP contribution >= 0.6 is 0 Å². The van der Waals surface area contributed by atoms with E-state index in [-0.39, 0.29) is 12.3 Å². The minimum atomic E-state index is -1.50. The van der Waals surface area contributed by atoms with Gasteiger partial charge in [0.2, 0.25) is 0 Å². The highest BCUT2D eigenvalue weighted by Gasteiger charge is 2.25. The number of carboxylic acids is 1. The normalized spacial score (nSPS) is 20.4. The van der Waals surface area contributed by atoms with Gasteiger partial charge in [-0.15, -0.1) is 0 Å². The highest BCUT2D eigenvalue weighted by Crippen LogP contribution is 2.19. The lowest BCUT2D eigenvalue weighted by Gasteiger charge is -2.22. The van der Waals surface area contributed by atoms with Crippen LogP contribution in [-0.4, -0.2) is 24.6 Å². The van der Waals surface area contributed by atoms with Crippen LogP contribution in [0.15, 0.2) is 11.8 Å². The van der Waals surface area contributed by atoms with Crippen LogP contribution in [0.25, 0.3) is 0 Å². The lowest BCUT2D eigenvalue weighted by Crippen LogP contribution is -2.32. The van der Waals surface area contributed by atoms with E-state index in [1.54, 1.807) is 20.8 Å². The van der Waals surface area contributed by atoms with Crippen molar-refractivity contribution < 1.29 is 24.2 Å². The van der Waals surface area contributed by atoms with Crippen molar-refractivity contribution >= 4 is 11.9 Å². The molecule has 0 aromatic heterocycles. The van der Waals surface area contributed by atoms with E-state index in [1.165, 1.54) is 6.08 Å². The third-order valence-electron chi connectivity index (χ3n) is 2.57. The fourth-order valence-corrected chi connectivity index (χ4v) is 1.46. The van der Waals surface area contributed by atoms with Crippen molar-refractivity contribution in [1.29, 1.82) is 0 Å². The van der Waals surface area contributed by atoms with Crippen molar-refractivity contribution in [2.24, 2.45) is 5.41 Å². The minimum Gasteiger partial charge on any atom is -0.542 e. The lowest BCUT2D eigenvalue weighted by atomic mass is 9.97. The Hall–Kier alpha value is -1.40. The number of carboxylic acid groups (broad SMARTS) is 1. The molecule has 0 spiro atoms. The number of esters is 1. The zero-order valence-corrected chi connectivity index (χ0v) is 12.0. The Labute approximate surface area is 113 Å². The molecule has 1 heterocycles. The summed E-state index contributed by atoms with van der Waals surface area (Å²) >= 11 is 0. The number of carbonyl (C=O) groups is 2. The van der Waals surface area contributed by atoms with Gasteiger partial charge in [-0.05, 0) is 46.1 Å². The fraction of sp³-hybridized carbons (Fsp3) is 0.692. The minimum absolute atomic E-state index is 0. The molecule has 1 saturated heterocycles. The molecule has 1 atom stereocenters. The zero-order valence-electron chi connectivity index (χ0n) is 12.0. The van der Waals surface area contributed by atoms with Gasteiger partial charge in [0, 0.05) is 6.61 Å². The molecule has 0 amide bonds. The van der Waals surface area contributed by atoms with Gasteiger partial charge in [-0.1, -0.05) is 0 Å². The number of quaternary nitrogens is 1. The van der Waals surface area contributed by atoms with Crippen molar-refractivity contribution in [3.05, 3.63) is 11.8 Å². The first-order chi connectivity index (χ1) is 8.30. The Morgan fingerprint density at radius 1 is 1.32 bits per heavy atom. The molecule has 0 radical (unpaired) electrons. The predicted molar refractivity (Wildman–Crippen MR) is 68.2 cm³/mol. The monoisotopic (exact) mass is 273 g/mol. The first kappa shape index (κ1) is 17.6. The third kappa shape index (κ3) is 5.85. The Bertz CT molecular complexity index is 351. The van der Waals surface area contributed by atoms with Gasteiger partial charge in [-0.3, -0.25) is 4.79 Å². The van der Waals surface area contributed by atoms with Gasteiger partial charge in [0.1, 0.15) is 5.97 Å². The average Bonchev–Trinajstić information content (AvgIpc) is 2.28. The SMILES string of the molecule is CC(C)(C)C(=O)O/C(=C/C1CCCCO1)C(=O)[O-].[NH4+]. The zero-order chi connectivity index (χ0) is 13.8. The highest BCUT2D eigenvalue weighted by atomic mass is 16.6. The summed E-state index contributed by atoms with van der Waals surface area (Å²) in [5.74, 6) is -2.56. The number of hydrogen-bond acceptors (Lipinski definition) is 5. The summed E-state index contributed by atoms with van der Waals surface area (Å²) in [6.45, 7) is 5.55. The van der Waals surface area contributed by atoms with Crippen LogP contribution in [0.4, 0.5) is 0 Å². The second-order valence-corrected chi connectivity index (χ2v) is 5.36. The molecule has 1 aliphatic rings. The van der Waals surface area contributed by atoms with Crippen molar-refractivity contribution in [2.45, 2.75) is 46.1 Å². The van der Waals surface area contributed by atoms with Crippen molar-refractivity contribution in [3.8, 4) is 0 Å². The van der Waals surface area contributed by atoms with Crippen molar-refractivity contribution in [2.75, 3.05) is 6.61 Å². The molecule has 0 aliphatic carbocycles. The average molecular weight is 273 g/mol. The summed E-state index contributed by atoms with van der Waals surface area (Å²) in [4.78, 5) is 22.5. The van der Waals surface area contributed by atoms with Gasteiger partial charge < -0.3 is 25.5 Å². The van der Waals surface area contributed by atoms with E-state index in [9.17, 15) is 14.7 Å². The van der Waals surface area contributed by atoms with Crippen LogP contribution in [0, 0.1) is 5.41 Å². The van der Waals surface area contributed by atoms with Gasteiger partial charge in [-0.25, -0.2) is 0 Å². The van der Waals surface area contributed by atoms with Gasteiger partial charge >= 0.3 is 5.97 Å². The van der Waals surface area contributed by atoms with Gasteiger partial charge in [-0.2, -0.15) is 0 Å². The quantitative estimate of drug-likeness (QED) is 0.471. The summed E-state index contributed by atoms with van der Waals surface area (Å²) in [5.41, 5.74) is -0.762. The number of rotatable bonds is 3. The van der Waals surface area contributed by atoms with Gasteiger partial charge in [0.25, 0.3) is 0 Å². The molecule has 6 nitrogen and oxygen atoms in total. The van der Waals surface area contributed by atoms with Crippen LogP contribution in [0.3, 0.4) is 0 Å². The van der Waals surface area contributed by atoms with E-state index in [0.717, 1.165) is 19.3 Å². The summed E-state index contributed by atoms with van der Waals surface area (Å²) < 4.78 is 10.2. The molecule has 1 fully saturated rings. The summed E-state index contributed by atoms with van der Waals surface area (Å²) in [6, 6.07) is 0. The molecule has 1 rings (SSSR count). The molecular formula is C13H23NO5.